The highest BCUT2D eigenvalue weighted by Crippen LogP contribution is 2.28. The van der Waals surface area contributed by atoms with Gasteiger partial charge in [0, 0.05) is 11.3 Å². The largest absolute Gasteiger partial charge is 0.279 e. The third-order valence-electron chi connectivity index (χ3n) is 3.73. The van der Waals surface area contributed by atoms with Crippen LogP contribution in [0.5, 0.6) is 0 Å². The van der Waals surface area contributed by atoms with Crippen LogP contribution in [0.4, 0.5) is 0 Å². The van der Waals surface area contributed by atoms with Gasteiger partial charge in [-0.25, -0.2) is 0 Å². The molecule has 2 rings (SSSR count). The molecular weight excluding hydrogens is 296 g/mol. The summed E-state index contributed by atoms with van der Waals surface area (Å²) in [6.45, 7) is 5.98. The second kappa shape index (κ2) is 7.27. The monoisotopic (exact) mass is 322 g/mol. The maximum Gasteiger partial charge on any atom is 0.279 e. The van der Waals surface area contributed by atoms with Crippen LogP contribution in [0.15, 0.2) is 6.07 Å². The van der Waals surface area contributed by atoms with Gasteiger partial charge in [0.15, 0.2) is 0 Å². The van der Waals surface area contributed by atoms with Gasteiger partial charge in [-0.2, -0.15) is 0 Å². The van der Waals surface area contributed by atoms with E-state index in [2.05, 4.69) is 10.9 Å². The average Bonchev–Trinajstić information content (AvgIpc) is 2.76. The van der Waals surface area contributed by atoms with E-state index in [1.54, 1.807) is 11.3 Å². The first kappa shape index (κ1) is 17.0. The van der Waals surface area contributed by atoms with Gasteiger partial charge in [-0.15, -0.1) is 11.3 Å². The lowest BCUT2D eigenvalue weighted by atomic mass is 9.92. The molecule has 1 aliphatic carbocycles. The van der Waals surface area contributed by atoms with Crippen molar-refractivity contribution in [2.45, 2.75) is 65.7 Å². The molecule has 0 fully saturated rings. The zero-order chi connectivity index (χ0) is 16.2. The number of aryl methyl sites for hydroxylation is 2. The van der Waals surface area contributed by atoms with Crippen molar-refractivity contribution in [2.24, 2.45) is 5.41 Å². The third kappa shape index (κ3) is 5.13. The van der Waals surface area contributed by atoms with Gasteiger partial charge >= 0.3 is 0 Å². The van der Waals surface area contributed by atoms with Crippen LogP contribution < -0.4 is 10.9 Å². The Kier molecular flexibility index (Phi) is 5.62. The Morgan fingerprint density at radius 1 is 1.09 bits per heavy atom. The van der Waals surface area contributed by atoms with E-state index in [1.807, 2.05) is 26.8 Å². The van der Waals surface area contributed by atoms with Crippen LogP contribution in [0.2, 0.25) is 0 Å². The lowest BCUT2D eigenvalue weighted by molar-refractivity contribution is -0.123. The van der Waals surface area contributed by atoms with Gasteiger partial charge in [-0.1, -0.05) is 33.6 Å². The molecule has 2 N–H and O–H groups in total. The summed E-state index contributed by atoms with van der Waals surface area (Å²) >= 11 is 1.57. The molecule has 4 nitrogen and oxygen atoms in total. The normalized spacial score (nSPS) is 15.4. The van der Waals surface area contributed by atoms with E-state index in [4.69, 9.17) is 0 Å². The number of amides is 2. The van der Waals surface area contributed by atoms with Gasteiger partial charge in [0.05, 0.1) is 4.88 Å². The molecule has 1 aromatic heterocycles. The summed E-state index contributed by atoms with van der Waals surface area (Å²) in [6, 6.07) is 2.00. The highest BCUT2D eigenvalue weighted by Gasteiger charge is 2.18. The fourth-order valence-electron chi connectivity index (χ4n) is 2.67. The Morgan fingerprint density at radius 3 is 2.45 bits per heavy atom. The Labute approximate surface area is 136 Å². The number of hydrazine groups is 1. The minimum atomic E-state index is -0.209. The number of fused-ring (bicyclic) bond motifs is 1. The summed E-state index contributed by atoms with van der Waals surface area (Å²) in [5, 5.41) is 0. The maximum atomic E-state index is 12.2. The lowest BCUT2D eigenvalue weighted by Gasteiger charge is -2.17. The quantitative estimate of drug-likeness (QED) is 0.817. The molecule has 5 heteroatoms. The number of carbonyl (C=O) groups excluding carboxylic acids is 2. The van der Waals surface area contributed by atoms with Crippen molar-refractivity contribution in [3.8, 4) is 0 Å². The van der Waals surface area contributed by atoms with Crippen molar-refractivity contribution in [2.75, 3.05) is 0 Å². The second-order valence-electron chi connectivity index (χ2n) is 7.21. The first-order valence-electron chi connectivity index (χ1n) is 8.06. The van der Waals surface area contributed by atoms with E-state index in [-0.39, 0.29) is 17.2 Å². The maximum absolute atomic E-state index is 12.2. The molecule has 0 saturated heterocycles. The summed E-state index contributed by atoms with van der Waals surface area (Å²) in [5.74, 6) is -0.366. The Hall–Kier alpha value is -1.36. The van der Waals surface area contributed by atoms with Crippen LogP contribution in [-0.4, -0.2) is 11.8 Å². The molecule has 22 heavy (non-hydrogen) atoms. The molecule has 0 aliphatic heterocycles. The molecule has 0 spiro atoms. The van der Waals surface area contributed by atoms with Crippen LogP contribution in [0.3, 0.4) is 0 Å². The standard InChI is InChI=1S/C17H26N2O2S/c1-17(2,3)11-15(20)18-19-16(21)14-10-12-8-6-4-5-7-9-13(12)22-14/h10H,4-9,11H2,1-3H3,(H,18,20)(H,19,21). The predicted octanol–water partition coefficient (Wildman–Crippen LogP) is 3.60. The van der Waals surface area contributed by atoms with E-state index in [0.717, 1.165) is 12.8 Å². The molecule has 2 amide bonds. The minimum Gasteiger partial charge on any atom is -0.273 e. The van der Waals surface area contributed by atoms with Gasteiger partial charge < -0.3 is 0 Å². The topological polar surface area (TPSA) is 58.2 Å². The molecule has 1 aromatic rings. The third-order valence-corrected chi connectivity index (χ3v) is 4.96. The van der Waals surface area contributed by atoms with Gasteiger partial charge in [-0.05, 0) is 42.7 Å². The summed E-state index contributed by atoms with van der Waals surface area (Å²) in [4.78, 5) is 26.0. The predicted molar refractivity (Wildman–Crippen MR) is 89.9 cm³/mol. The summed E-state index contributed by atoms with van der Waals surface area (Å²) in [5.41, 5.74) is 6.27. The molecule has 0 unspecified atom stereocenters. The van der Waals surface area contributed by atoms with Gasteiger partial charge in [0.1, 0.15) is 0 Å². The molecule has 0 radical (unpaired) electrons. The lowest BCUT2D eigenvalue weighted by Crippen LogP contribution is -2.42. The van der Waals surface area contributed by atoms with E-state index in [1.165, 1.54) is 36.1 Å². The minimum absolute atomic E-state index is 0.0899. The number of nitrogens with one attached hydrogen (secondary N) is 2. The van der Waals surface area contributed by atoms with E-state index in [9.17, 15) is 9.59 Å². The molecule has 0 saturated carbocycles. The molecule has 0 aromatic carbocycles. The van der Waals surface area contributed by atoms with Crippen molar-refractivity contribution in [3.05, 3.63) is 21.4 Å². The number of hydrogen-bond acceptors (Lipinski definition) is 3. The summed E-state index contributed by atoms with van der Waals surface area (Å²) in [6.07, 6.45) is 7.48. The molecule has 122 valence electrons. The van der Waals surface area contributed by atoms with Crippen LogP contribution >= 0.6 is 11.3 Å². The van der Waals surface area contributed by atoms with Crippen molar-refractivity contribution in [1.29, 1.82) is 0 Å². The summed E-state index contributed by atoms with van der Waals surface area (Å²) in [7, 11) is 0. The SMILES string of the molecule is CC(C)(C)CC(=O)NNC(=O)c1cc2c(s1)CCCCCC2. The molecule has 1 aliphatic rings. The fourth-order valence-corrected chi connectivity index (χ4v) is 3.82. The number of thiophene rings is 1. The van der Waals surface area contributed by atoms with Crippen molar-refractivity contribution >= 4 is 23.2 Å². The van der Waals surface area contributed by atoms with Crippen LogP contribution in [-0.2, 0) is 17.6 Å². The molecule has 0 atom stereocenters. The fraction of sp³-hybridized carbons (Fsp3) is 0.647. The van der Waals surface area contributed by atoms with Gasteiger partial charge in [0.2, 0.25) is 5.91 Å². The number of carbonyl (C=O) groups is 2. The zero-order valence-corrected chi connectivity index (χ0v) is 14.6. The van der Waals surface area contributed by atoms with Gasteiger partial charge in [0.25, 0.3) is 5.91 Å². The summed E-state index contributed by atoms with van der Waals surface area (Å²) < 4.78 is 0. The average molecular weight is 322 g/mol. The first-order valence-corrected chi connectivity index (χ1v) is 8.87. The van der Waals surface area contributed by atoms with Crippen LogP contribution in [0, 0.1) is 5.41 Å². The highest BCUT2D eigenvalue weighted by atomic mass is 32.1. The van der Waals surface area contributed by atoms with Crippen LogP contribution in [0.25, 0.3) is 0 Å². The number of rotatable bonds is 2. The zero-order valence-electron chi connectivity index (χ0n) is 13.8. The highest BCUT2D eigenvalue weighted by molar-refractivity contribution is 7.14. The Balaban J connectivity index is 1.92. The van der Waals surface area contributed by atoms with Crippen molar-refractivity contribution in [3.63, 3.8) is 0 Å². The van der Waals surface area contributed by atoms with E-state index < -0.39 is 0 Å². The molecule has 1 heterocycles. The van der Waals surface area contributed by atoms with Crippen molar-refractivity contribution < 1.29 is 9.59 Å². The molecular formula is C17H26N2O2S. The first-order chi connectivity index (χ1) is 10.3. The van der Waals surface area contributed by atoms with Crippen molar-refractivity contribution in [1.82, 2.24) is 10.9 Å². The molecule has 0 bridgehead atoms. The number of hydrogen-bond donors (Lipinski definition) is 2. The second-order valence-corrected chi connectivity index (χ2v) is 8.35. The smallest absolute Gasteiger partial charge is 0.273 e. The Morgan fingerprint density at radius 2 is 1.77 bits per heavy atom. The Bertz CT molecular complexity index is 518. The van der Waals surface area contributed by atoms with Crippen LogP contribution in [0.1, 0.15) is 73.0 Å². The van der Waals surface area contributed by atoms with Gasteiger partial charge in [-0.3, -0.25) is 20.4 Å². The van der Waals surface area contributed by atoms with E-state index in [0.29, 0.717) is 11.3 Å². The van der Waals surface area contributed by atoms with E-state index >= 15 is 0 Å².